The van der Waals surface area contributed by atoms with Crippen LogP contribution in [0.15, 0.2) is 0 Å². The Bertz CT molecular complexity index is 261. The lowest BCUT2D eigenvalue weighted by molar-refractivity contribution is -0.139. The summed E-state index contributed by atoms with van der Waals surface area (Å²) in [6.45, 7) is 4.03. The maximum absolute atomic E-state index is 10.6. The molecule has 0 aromatic rings. The van der Waals surface area contributed by atoms with Crippen molar-refractivity contribution in [2.45, 2.75) is 25.3 Å². The highest BCUT2D eigenvalue weighted by Crippen LogP contribution is 2.15. The van der Waals surface area contributed by atoms with Crippen LogP contribution in [0.1, 0.15) is 19.8 Å². The Morgan fingerprint density at radius 3 is 2.79 bits per heavy atom. The maximum Gasteiger partial charge on any atom is 0.305 e. The predicted octanol–water partition coefficient (Wildman–Crippen LogP) is -0.194. The molecule has 0 radical (unpaired) electrons. The largest absolute Gasteiger partial charge is 0.481 e. The molecule has 0 spiro atoms. The van der Waals surface area contributed by atoms with Gasteiger partial charge in [-0.25, -0.2) is 0 Å². The molecule has 4 heteroatoms. The summed E-state index contributed by atoms with van der Waals surface area (Å²) in [6, 6.07) is 0. The van der Waals surface area contributed by atoms with Crippen molar-refractivity contribution < 1.29 is 9.90 Å². The first-order chi connectivity index (χ1) is 6.68. The molecule has 1 aliphatic heterocycles. The molecule has 0 aromatic carbocycles. The molecule has 3 N–H and O–H groups in total. The Labute approximate surface area is 84.1 Å². The van der Waals surface area contributed by atoms with Crippen molar-refractivity contribution >= 4 is 5.97 Å². The zero-order valence-electron chi connectivity index (χ0n) is 8.39. The number of aliphatic carboxylic acids is 1. The fourth-order valence-corrected chi connectivity index (χ4v) is 1.54. The molecule has 1 rings (SSSR count). The first-order valence-corrected chi connectivity index (χ1v) is 4.76. The van der Waals surface area contributed by atoms with E-state index in [0.717, 1.165) is 26.1 Å². The highest BCUT2D eigenvalue weighted by atomic mass is 16.4. The summed E-state index contributed by atoms with van der Waals surface area (Å²) >= 11 is 0. The fraction of sp³-hybridized carbons (Fsp3) is 0.700. The van der Waals surface area contributed by atoms with E-state index in [1.807, 2.05) is 0 Å². The Morgan fingerprint density at radius 1 is 1.64 bits per heavy atom. The van der Waals surface area contributed by atoms with E-state index in [0.29, 0.717) is 0 Å². The minimum Gasteiger partial charge on any atom is -0.481 e. The smallest absolute Gasteiger partial charge is 0.305 e. The van der Waals surface area contributed by atoms with Crippen LogP contribution in [-0.2, 0) is 4.79 Å². The fourth-order valence-electron chi connectivity index (χ4n) is 1.54. The van der Waals surface area contributed by atoms with Gasteiger partial charge in [-0.2, -0.15) is 0 Å². The van der Waals surface area contributed by atoms with Gasteiger partial charge in [0.15, 0.2) is 0 Å². The molecule has 0 aromatic heterocycles. The summed E-state index contributed by atoms with van der Waals surface area (Å²) in [4.78, 5) is 10.6. The highest BCUT2D eigenvalue weighted by Gasteiger charge is 2.38. The number of rotatable bonds is 5. The molecular formula is C10H16N2O2. The Kier molecular flexibility index (Phi) is 3.93. The predicted molar refractivity (Wildman–Crippen MR) is 53.9 cm³/mol. The third-order valence-corrected chi connectivity index (χ3v) is 2.34. The van der Waals surface area contributed by atoms with E-state index in [2.05, 4.69) is 22.5 Å². The number of hydrogen-bond acceptors (Lipinski definition) is 3. The summed E-state index contributed by atoms with van der Waals surface area (Å²) in [7, 11) is 0. The van der Waals surface area contributed by atoms with E-state index in [4.69, 9.17) is 5.11 Å². The van der Waals surface area contributed by atoms with Gasteiger partial charge in [-0.1, -0.05) is 0 Å². The molecule has 0 bridgehead atoms. The lowest BCUT2D eigenvalue weighted by Crippen LogP contribution is -2.68. The quantitative estimate of drug-likeness (QED) is 0.421. The average Bonchev–Trinajstić information content (AvgIpc) is 2.07. The molecule has 14 heavy (non-hydrogen) atoms. The van der Waals surface area contributed by atoms with Gasteiger partial charge in [0.2, 0.25) is 0 Å². The van der Waals surface area contributed by atoms with Gasteiger partial charge in [0.1, 0.15) is 0 Å². The molecule has 1 fully saturated rings. The van der Waals surface area contributed by atoms with Crippen molar-refractivity contribution in [1.82, 2.24) is 10.6 Å². The van der Waals surface area contributed by atoms with Crippen molar-refractivity contribution in [2.75, 3.05) is 19.6 Å². The first-order valence-electron chi connectivity index (χ1n) is 4.76. The van der Waals surface area contributed by atoms with E-state index < -0.39 is 5.97 Å². The molecule has 78 valence electrons. The van der Waals surface area contributed by atoms with Gasteiger partial charge in [-0.15, -0.1) is 11.8 Å². The van der Waals surface area contributed by atoms with Gasteiger partial charge in [0.25, 0.3) is 0 Å². The number of carboxylic acid groups (broad SMARTS) is 1. The molecule has 0 unspecified atom stereocenters. The lowest BCUT2D eigenvalue weighted by atomic mass is 9.88. The number of hydrogen-bond donors (Lipinski definition) is 3. The Balaban J connectivity index is 2.29. The van der Waals surface area contributed by atoms with Crippen LogP contribution < -0.4 is 10.6 Å². The second-order valence-corrected chi connectivity index (χ2v) is 3.56. The van der Waals surface area contributed by atoms with Gasteiger partial charge < -0.3 is 15.7 Å². The molecule has 0 aliphatic carbocycles. The Morgan fingerprint density at radius 2 is 2.36 bits per heavy atom. The number of carboxylic acids is 1. The van der Waals surface area contributed by atoms with Crippen LogP contribution in [-0.4, -0.2) is 36.2 Å². The number of carbonyl (C=O) groups is 1. The van der Waals surface area contributed by atoms with Gasteiger partial charge in [0.05, 0.1) is 12.0 Å². The summed E-state index contributed by atoms with van der Waals surface area (Å²) < 4.78 is 0. The van der Waals surface area contributed by atoms with Crippen molar-refractivity contribution in [2.24, 2.45) is 0 Å². The SMILES string of the molecule is CC#CCCNC1(CC(=O)O)CNC1. The highest BCUT2D eigenvalue weighted by molar-refractivity contribution is 5.68. The zero-order chi connectivity index (χ0) is 10.4. The monoisotopic (exact) mass is 196 g/mol. The second kappa shape index (κ2) is 4.99. The van der Waals surface area contributed by atoms with Crippen LogP contribution in [0.5, 0.6) is 0 Å². The average molecular weight is 196 g/mol. The van der Waals surface area contributed by atoms with Gasteiger partial charge >= 0.3 is 5.97 Å². The van der Waals surface area contributed by atoms with Crippen LogP contribution in [0.2, 0.25) is 0 Å². The molecule has 0 amide bonds. The zero-order valence-corrected chi connectivity index (χ0v) is 8.39. The molecule has 4 nitrogen and oxygen atoms in total. The second-order valence-electron chi connectivity index (χ2n) is 3.56. The van der Waals surface area contributed by atoms with Crippen LogP contribution in [0.3, 0.4) is 0 Å². The van der Waals surface area contributed by atoms with E-state index in [9.17, 15) is 4.79 Å². The van der Waals surface area contributed by atoms with Crippen molar-refractivity contribution in [3.05, 3.63) is 0 Å². The molecule has 1 saturated heterocycles. The van der Waals surface area contributed by atoms with Crippen LogP contribution >= 0.6 is 0 Å². The normalized spacial score (nSPS) is 17.8. The summed E-state index contributed by atoms with van der Waals surface area (Å²) in [5.41, 5.74) is -0.235. The topological polar surface area (TPSA) is 61.4 Å². The molecular weight excluding hydrogens is 180 g/mol. The van der Waals surface area contributed by atoms with Crippen LogP contribution in [0, 0.1) is 11.8 Å². The van der Waals surface area contributed by atoms with Gasteiger partial charge in [-0.3, -0.25) is 4.79 Å². The summed E-state index contributed by atoms with van der Waals surface area (Å²) in [6.07, 6.45) is 0.956. The standard InChI is InChI=1S/C10H16N2O2/c1-2-3-4-5-12-10(6-9(13)14)7-11-8-10/h11-12H,4-8H2,1H3,(H,13,14). The Hall–Kier alpha value is -1.05. The maximum atomic E-state index is 10.6. The minimum absolute atomic E-state index is 0.180. The van der Waals surface area contributed by atoms with E-state index in [1.54, 1.807) is 6.92 Å². The third kappa shape index (κ3) is 3.02. The van der Waals surface area contributed by atoms with E-state index in [1.165, 1.54) is 0 Å². The van der Waals surface area contributed by atoms with Gasteiger partial charge in [-0.05, 0) is 6.92 Å². The summed E-state index contributed by atoms with van der Waals surface area (Å²) in [5.74, 6) is 5.00. The van der Waals surface area contributed by atoms with E-state index in [-0.39, 0.29) is 12.0 Å². The van der Waals surface area contributed by atoms with Crippen molar-refractivity contribution in [3.63, 3.8) is 0 Å². The minimum atomic E-state index is -0.749. The lowest BCUT2D eigenvalue weighted by Gasteiger charge is -2.42. The van der Waals surface area contributed by atoms with Crippen molar-refractivity contribution in [1.29, 1.82) is 0 Å². The number of nitrogens with one attached hydrogen (secondary N) is 2. The molecule has 1 aliphatic rings. The first kappa shape index (κ1) is 11.0. The van der Waals surface area contributed by atoms with E-state index >= 15 is 0 Å². The third-order valence-electron chi connectivity index (χ3n) is 2.34. The van der Waals surface area contributed by atoms with Gasteiger partial charge in [0, 0.05) is 26.1 Å². The molecule has 0 saturated carbocycles. The summed E-state index contributed by atoms with van der Waals surface area (Å²) in [5, 5.41) is 15.1. The van der Waals surface area contributed by atoms with Crippen LogP contribution in [0.25, 0.3) is 0 Å². The molecule has 1 heterocycles. The van der Waals surface area contributed by atoms with Crippen molar-refractivity contribution in [3.8, 4) is 11.8 Å². The molecule has 0 atom stereocenters. The van der Waals surface area contributed by atoms with Crippen LogP contribution in [0.4, 0.5) is 0 Å².